The first-order valence-corrected chi connectivity index (χ1v) is 9.31. The molecule has 0 aliphatic heterocycles. The molecule has 0 radical (unpaired) electrons. The second-order valence-electron chi connectivity index (χ2n) is 5.67. The van der Waals surface area contributed by atoms with Crippen molar-refractivity contribution >= 4 is 40.4 Å². The average molecular weight is 380 g/mol. The van der Waals surface area contributed by atoms with E-state index in [2.05, 4.69) is 10.6 Å². The number of anilines is 1. The molecule has 2 N–H and O–H groups in total. The van der Waals surface area contributed by atoms with Crippen molar-refractivity contribution in [3.63, 3.8) is 0 Å². The molecule has 0 bridgehead atoms. The summed E-state index contributed by atoms with van der Waals surface area (Å²) in [6, 6.07) is 9.24. The molecule has 2 amide bonds. The molecule has 7 heteroatoms. The van der Waals surface area contributed by atoms with Crippen LogP contribution in [0, 0.1) is 6.92 Å². The molecule has 5 nitrogen and oxygen atoms in total. The van der Waals surface area contributed by atoms with Crippen LogP contribution in [-0.4, -0.2) is 36.3 Å². The molecule has 0 fully saturated rings. The number of hydrogen-bond donors (Lipinski definition) is 2. The van der Waals surface area contributed by atoms with Gasteiger partial charge in [0.2, 0.25) is 11.8 Å². The van der Waals surface area contributed by atoms with Crippen LogP contribution in [0.5, 0.6) is 0 Å². The Hall–Kier alpha value is -1.89. The van der Waals surface area contributed by atoms with Crippen molar-refractivity contribution in [2.24, 2.45) is 0 Å². The number of hydrogen-bond acceptors (Lipinski definition) is 4. The fourth-order valence-corrected chi connectivity index (χ4v) is 3.17. The van der Waals surface area contributed by atoms with E-state index in [4.69, 9.17) is 11.6 Å². The molecular weight excluding hydrogens is 358 g/mol. The zero-order chi connectivity index (χ0) is 18.2. The third kappa shape index (κ3) is 6.49. The molecule has 0 aliphatic rings. The standard InChI is InChI=1S/C18H22ClN3O2S/c1-3-22(11-17(23)20-10-15-5-4-8-25-15)12-18(24)21-16-7-6-14(19)9-13(16)2/h4-9H,3,10-12H2,1-2H3,(H,20,23)(H,21,24). The number of amides is 2. The number of likely N-dealkylation sites (N-methyl/N-ethyl adjacent to an activating group) is 1. The van der Waals surface area contributed by atoms with Gasteiger partial charge in [0.15, 0.2) is 0 Å². The minimum Gasteiger partial charge on any atom is -0.350 e. The van der Waals surface area contributed by atoms with Gasteiger partial charge in [-0.25, -0.2) is 0 Å². The van der Waals surface area contributed by atoms with Crippen molar-refractivity contribution in [3.8, 4) is 0 Å². The lowest BCUT2D eigenvalue weighted by Gasteiger charge is -2.19. The first kappa shape index (κ1) is 19.4. The Kier molecular flexibility index (Phi) is 7.43. The van der Waals surface area contributed by atoms with Gasteiger partial charge in [-0.05, 0) is 48.7 Å². The van der Waals surface area contributed by atoms with Gasteiger partial charge in [-0.1, -0.05) is 24.6 Å². The number of nitrogens with one attached hydrogen (secondary N) is 2. The average Bonchev–Trinajstić information content (AvgIpc) is 3.08. The van der Waals surface area contributed by atoms with Crippen LogP contribution < -0.4 is 10.6 Å². The Balaban J connectivity index is 1.81. The zero-order valence-corrected chi connectivity index (χ0v) is 15.9. The van der Waals surface area contributed by atoms with Crippen LogP contribution in [0.4, 0.5) is 5.69 Å². The molecule has 0 spiro atoms. The van der Waals surface area contributed by atoms with Crippen molar-refractivity contribution in [2.75, 3.05) is 25.0 Å². The predicted octanol–water partition coefficient (Wildman–Crippen LogP) is 3.29. The Labute approximate surface area is 157 Å². The molecule has 1 aromatic heterocycles. The van der Waals surface area contributed by atoms with Crippen molar-refractivity contribution in [1.82, 2.24) is 10.2 Å². The van der Waals surface area contributed by atoms with E-state index >= 15 is 0 Å². The number of nitrogens with zero attached hydrogens (tertiary/aromatic N) is 1. The number of halogens is 1. The first-order chi connectivity index (χ1) is 12.0. The second-order valence-corrected chi connectivity index (χ2v) is 7.14. The molecule has 1 aromatic carbocycles. The number of rotatable bonds is 8. The summed E-state index contributed by atoms with van der Waals surface area (Å²) >= 11 is 7.52. The van der Waals surface area contributed by atoms with Gasteiger partial charge in [-0.15, -0.1) is 11.3 Å². The summed E-state index contributed by atoms with van der Waals surface area (Å²) in [6.07, 6.45) is 0. The fraction of sp³-hybridized carbons (Fsp3) is 0.333. The van der Waals surface area contributed by atoms with E-state index in [9.17, 15) is 9.59 Å². The van der Waals surface area contributed by atoms with Crippen molar-refractivity contribution in [3.05, 3.63) is 51.2 Å². The van der Waals surface area contributed by atoms with Gasteiger partial charge < -0.3 is 10.6 Å². The lowest BCUT2D eigenvalue weighted by atomic mass is 10.2. The summed E-state index contributed by atoms with van der Waals surface area (Å²) in [7, 11) is 0. The van der Waals surface area contributed by atoms with E-state index in [-0.39, 0.29) is 24.9 Å². The third-order valence-corrected chi connectivity index (χ3v) is 4.80. The van der Waals surface area contributed by atoms with Crippen molar-refractivity contribution < 1.29 is 9.59 Å². The maximum absolute atomic E-state index is 12.2. The summed E-state index contributed by atoms with van der Waals surface area (Å²) < 4.78 is 0. The number of thiophene rings is 1. The SMILES string of the molecule is CCN(CC(=O)NCc1cccs1)CC(=O)Nc1ccc(Cl)cc1C. The maximum Gasteiger partial charge on any atom is 0.238 e. The Morgan fingerprint density at radius 1 is 1.20 bits per heavy atom. The second kappa shape index (κ2) is 9.56. The zero-order valence-electron chi connectivity index (χ0n) is 14.3. The molecule has 0 saturated heterocycles. The van der Waals surface area contributed by atoms with Gasteiger partial charge in [0.25, 0.3) is 0 Å². The van der Waals surface area contributed by atoms with Crippen molar-refractivity contribution in [2.45, 2.75) is 20.4 Å². The topological polar surface area (TPSA) is 61.4 Å². The third-order valence-electron chi connectivity index (χ3n) is 3.68. The highest BCUT2D eigenvalue weighted by atomic mass is 35.5. The number of benzene rings is 1. The highest BCUT2D eigenvalue weighted by Gasteiger charge is 2.14. The Bertz CT molecular complexity index is 719. The van der Waals surface area contributed by atoms with Crippen LogP contribution in [0.1, 0.15) is 17.4 Å². The van der Waals surface area contributed by atoms with Gasteiger partial charge in [-0.3, -0.25) is 14.5 Å². The van der Waals surface area contributed by atoms with Crippen LogP contribution >= 0.6 is 22.9 Å². The summed E-state index contributed by atoms with van der Waals surface area (Å²) in [5.74, 6) is -0.246. The highest BCUT2D eigenvalue weighted by Crippen LogP contribution is 2.19. The molecule has 2 rings (SSSR count). The van der Waals surface area contributed by atoms with E-state index in [1.807, 2.05) is 31.4 Å². The molecule has 0 saturated carbocycles. The van der Waals surface area contributed by atoms with Gasteiger partial charge in [-0.2, -0.15) is 0 Å². The summed E-state index contributed by atoms with van der Waals surface area (Å²) in [6.45, 7) is 5.29. The maximum atomic E-state index is 12.2. The van der Waals surface area contributed by atoms with Crippen LogP contribution in [0.2, 0.25) is 5.02 Å². The van der Waals surface area contributed by atoms with E-state index in [1.54, 1.807) is 34.4 Å². The van der Waals surface area contributed by atoms with E-state index in [0.29, 0.717) is 18.1 Å². The van der Waals surface area contributed by atoms with Crippen LogP contribution in [0.15, 0.2) is 35.7 Å². The largest absolute Gasteiger partial charge is 0.350 e. The lowest BCUT2D eigenvalue weighted by molar-refractivity contribution is -0.123. The predicted molar refractivity (Wildman–Crippen MR) is 103 cm³/mol. The quantitative estimate of drug-likeness (QED) is 0.739. The van der Waals surface area contributed by atoms with Crippen LogP contribution in [0.25, 0.3) is 0 Å². The summed E-state index contributed by atoms with van der Waals surface area (Å²) in [5, 5.41) is 8.34. The highest BCUT2D eigenvalue weighted by molar-refractivity contribution is 7.09. The molecule has 0 atom stereocenters. The normalized spacial score (nSPS) is 10.7. The van der Waals surface area contributed by atoms with E-state index in [1.165, 1.54) is 0 Å². The van der Waals surface area contributed by atoms with Gasteiger partial charge in [0.1, 0.15) is 0 Å². The Morgan fingerprint density at radius 3 is 2.60 bits per heavy atom. The molecule has 1 heterocycles. The molecule has 0 unspecified atom stereocenters. The van der Waals surface area contributed by atoms with E-state index < -0.39 is 0 Å². The molecule has 25 heavy (non-hydrogen) atoms. The lowest BCUT2D eigenvalue weighted by Crippen LogP contribution is -2.40. The number of aryl methyl sites for hydroxylation is 1. The molecule has 134 valence electrons. The summed E-state index contributed by atoms with van der Waals surface area (Å²) in [4.78, 5) is 27.2. The molecule has 0 aliphatic carbocycles. The Morgan fingerprint density at radius 2 is 1.96 bits per heavy atom. The van der Waals surface area contributed by atoms with Crippen LogP contribution in [0.3, 0.4) is 0 Å². The minimum absolute atomic E-state index is 0.0919. The molecule has 2 aromatic rings. The van der Waals surface area contributed by atoms with E-state index in [0.717, 1.165) is 16.1 Å². The number of carbonyl (C=O) groups is 2. The van der Waals surface area contributed by atoms with Gasteiger partial charge >= 0.3 is 0 Å². The van der Waals surface area contributed by atoms with Crippen molar-refractivity contribution in [1.29, 1.82) is 0 Å². The number of carbonyl (C=O) groups excluding carboxylic acids is 2. The summed E-state index contributed by atoms with van der Waals surface area (Å²) in [5.41, 5.74) is 1.63. The monoisotopic (exact) mass is 379 g/mol. The van der Waals surface area contributed by atoms with Gasteiger partial charge in [0.05, 0.1) is 19.6 Å². The fourth-order valence-electron chi connectivity index (χ4n) is 2.30. The minimum atomic E-state index is -0.154. The first-order valence-electron chi connectivity index (χ1n) is 8.05. The van der Waals surface area contributed by atoms with Crippen LogP contribution in [-0.2, 0) is 16.1 Å². The van der Waals surface area contributed by atoms with Gasteiger partial charge in [0, 0.05) is 15.6 Å². The smallest absolute Gasteiger partial charge is 0.238 e. The molecular formula is C18H22ClN3O2S.